The molecule has 11 heavy (non-hydrogen) atoms. The maximum absolute atomic E-state index is 2.26. The van der Waals surface area contributed by atoms with Crippen LogP contribution in [-0.4, -0.2) is 0 Å². The van der Waals surface area contributed by atoms with E-state index in [0.29, 0.717) is 11.8 Å². The van der Waals surface area contributed by atoms with Gasteiger partial charge in [0, 0.05) is 0 Å². The van der Waals surface area contributed by atoms with Crippen molar-refractivity contribution in [2.24, 2.45) is 11.8 Å². The van der Waals surface area contributed by atoms with Crippen LogP contribution in [0.25, 0.3) is 0 Å². The SMILES string of the molecule is C1=CC(CC2C=CC=C2)C=C1. The van der Waals surface area contributed by atoms with Gasteiger partial charge in [0.15, 0.2) is 0 Å². The molecular weight excluding hydrogens is 132 g/mol. The molecule has 56 valence electrons. The molecule has 2 rings (SSSR count). The zero-order chi connectivity index (χ0) is 7.52. The third-order valence-electron chi connectivity index (χ3n) is 2.20. The van der Waals surface area contributed by atoms with E-state index in [1.807, 2.05) is 0 Å². The van der Waals surface area contributed by atoms with Gasteiger partial charge in [0.2, 0.25) is 0 Å². The smallest absolute Gasteiger partial charge is 0.00387 e. The van der Waals surface area contributed by atoms with Crippen molar-refractivity contribution in [3.05, 3.63) is 48.6 Å². The van der Waals surface area contributed by atoms with Gasteiger partial charge in [-0.3, -0.25) is 0 Å². The van der Waals surface area contributed by atoms with Gasteiger partial charge in [0.1, 0.15) is 0 Å². The average molecular weight is 144 g/mol. The summed E-state index contributed by atoms with van der Waals surface area (Å²) in [7, 11) is 0. The quantitative estimate of drug-likeness (QED) is 0.559. The first kappa shape index (κ1) is 6.66. The second kappa shape index (κ2) is 2.91. The first-order valence-electron chi connectivity index (χ1n) is 4.15. The molecule has 0 atom stereocenters. The van der Waals surface area contributed by atoms with E-state index < -0.39 is 0 Å². The molecule has 0 aliphatic heterocycles. The van der Waals surface area contributed by atoms with E-state index in [-0.39, 0.29) is 0 Å². The maximum atomic E-state index is 2.26. The molecule has 0 N–H and O–H groups in total. The van der Waals surface area contributed by atoms with Gasteiger partial charge in [-0.2, -0.15) is 0 Å². The molecule has 0 unspecified atom stereocenters. The lowest BCUT2D eigenvalue weighted by Gasteiger charge is -2.07. The van der Waals surface area contributed by atoms with Crippen LogP contribution >= 0.6 is 0 Å². The standard InChI is InChI=1S/C11H12/c1-2-6-10(5-1)9-11-7-3-4-8-11/h1-8,10-11H,9H2. The molecule has 2 aliphatic carbocycles. The van der Waals surface area contributed by atoms with Crippen LogP contribution in [0.15, 0.2) is 48.6 Å². The molecule has 0 aromatic carbocycles. The second-order valence-corrected chi connectivity index (χ2v) is 3.10. The summed E-state index contributed by atoms with van der Waals surface area (Å²) < 4.78 is 0. The van der Waals surface area contributed by atoms with Gasteiger partial charge in [0.05, 0.1) is 0 Å². The third-order valence-corrected chi connectivity index (χ3v) is 2.20. The zero-order valence-electron chi connectivity index (χ0n) is 6.48. The summed E-state index contributed by atoms with van der Waals surface area (Å²) in [6, 6.07) is 0. The van der Waals surface area contributed by atoms with Crippen molar-refractivity contribution in [1.29, 1.82) is 0 Å². The van der Waals surface area contributed by atoms with Gasteiger partial charge in [-0.1, -0.05) is 48.6 Å². The molecule has 0 spiro atoms. The van der Waals surface area contributed by atoms with E-state index in [4.69, 9.17) is 0 Å². The van der Waals surface area contributed by atoms with Crippen molar-refractivity contribution in [2.75, 3.05) is 0 Å². The Morgan fingerprint density at radius 2 is 1.00 bits per heavy atom. The van der Waals surface area contributed by atoms with Gasteiger partial charge in [-0.15, -0.1) is 0 Å². The second-order valence-electron chi connectivity index (χ2n) is 3.10. The number of hydrogen-bond donors (Lipinski definition) is 0. The van der Waals surface area contributed by atoms with Gasteiger partial charge in [-0.25, -0.2) is 0 Å². The fourth-order valence-electron chi connectivity index (χ4n) is 1.58. The van der Waals surface area contributed by atoms with Gasteiger partial charge in [0.25, 0.3) is 0 Å². The van der Waals surface area contributed by atoms with E-state index in [2.05, 4.69) is 48.6 Å². The Morgan fingerprint density at radius 3 is 1.36 bits per heavy atom. The molecule has 0 saturated carbocycles. The lowest BCUT2D eigenvalue weighted by molar-refractivity contribution is 0.636. The maximum Gasteiger partial charge on any atom is -0.00387 e. The zero-order valence-corrected chi connectivity index (χ0v) is 6.48. The van der Waals surface area contributed by atoms with E-state index in [1.54, 1.807) is 0 Å². The topological polar surface area (TPSA) is 0 Å². The van der Waals surface area contributed by atoms with Gasteiger partial charge in [-0.05, 0) is 18.3 Å². The van der Waals surface area contributed by atoms with E-state index >= 15 is 0 Å². The molecule has 0 heteroatoms. The fraction of sp³-hybridized carbons (Fsp3) is 0.273. The number of rotatable bonds is 2. The lowest BCUT2D eigenvalue weighted by atomic mass is 9.97. The van der Waals surface area contributed by atoms with E-state index in [9.17, 15) is 0 Å². The van der Waals surface area contributed by atoms with Crippen LogP contribution in [-0.2, 0) is 0 Å². The molecule has 0 radical (unpaired) electrons. The Kier molecular flexibility index (Phi) is 1.76. The largest absolute Gasteiger partial charge is 0.0776 e. The summed E-state index contributed by atoms with van der Waals surface area (Å²) in [5.41, 5.74) is 0. The monoisotopic (exact) mass is 144 g/mol. The van der Waals surface area contributed by atoms with Gasteiger partial charge >= 0.3 is 0 Å². The first-order chi connectivity index (χ1) is 5.45. The molecule has 0 saturated heterocycles. The van der Waals surface area contributed by atoms with Crippen molar-refractivity contribution in [2.45, 2.75) is 6.42 Å². The molecule has 0 bridgehead atoms. The molecule has 0 heterocycles. The van der Waals surface area contributed by atoms with E-state index in [1.165, 1.54) is 6.42 Å². The Bertz CT molecular complexity index is 191. The molecular formula is C11H12. The van der Waals surface area contributed by atoms with Crippen LogP contribution in [0.3, 0.4) is 0 Å². The van der Waals surface area contributed by atoms with E-state index in [0.717, 1.165) is 0 Å². The highest BCUT2D eigenvalue weighted by molar-refractivity contribution is 5.22. The number of allylic oxidation sites excluding steroid dienone is 8. The fourth-order valence-corrected chi connectivity index (χ4v) is 1.58. The van der Waals surface area contributed by atoms with Crippen molar-refractivity contribution < 1.29 is 0 Å². The Balaban J connectivity index is 1.90. The summed E-state index contributed by atoms with van der Waals surface area (Å²) in [6.45, 7) is 0. The molecule has 0 nitrogen and oxygen atoms in total. The van der Waals surface area contributed by atoms with Gasteiger partial charge < -0.3 is 0 Å². The normalized spacial score (nSPS) is 22.5. The highest BCUT2D eigenvalue weighted by atomic mass is 14.1. The van der Waals surface area contributed by atoms with Crippen molar-refractivity contribution >= 4 is 0 Å². The highest BCUT2D eigenvalue weighted by Crippen LogP contribution is 2.23. The third kappa shape index (κ3) is 1.51. The molecule has 0 aromatic heterocycles. The Morgan fingerprint density at radius 1 is 0.636 bits per heavy atom. The minimum Gasteiger partial charge on any atom is -0.0776 e. The summed E-state index contributed by atoms with van der Waals surface area (Å²) in [6.07, 6.45) is 18.8. The molecule has 2 aliphatic rings. The van der Waals surface area contributed by atoms with Crippen LogP contribution in [0.1, 0.15) is 6.42 Å². The molecule has 0 aromatic rings. The summed E-state index contributed by atoms with van der Waals surface area (Å²) in [5.74, 6) is 1.35. The first-order valence-corrected chi connectivity index (χ1v) is 4.15. The van der Waals surface area contributed by atoms with Crippen molar-refractivity contribution in [1.82, 2.24) is 0 Å². The highest BCUT2D eigenvalue weighted by Gasteiger charge is 2.10. The summed E-state index contributed by atoms with van der Waals surface area (Å²) in [5, 5.41) is 0. The molecule has 0 amide bonds. The summed E-state index contributed by atoms with van der Waals surface area (Å²) in [4.78, 5) is 0. The molecule has 0 fully saturated rings. The van der Waals surface area contributed by atoms with Crippen LogP contribution in [0.4, 0.5) is 0 Å². The summed E-state index contributed by atoms with van der Waals surface area (Å²) >= 11 is 0. The number of hydrogen-bond acceptors (Lipinski definition) is 0. The van der Waals surface area contributed by atoms with Crippen LogP contribution in [0.2, 0.25) is 0 Å². The minimum absolute atomic E-state index is 0.674. The predicted octanol–water partition coefficient (Wildman–Crippen LogP) is 2.86. The average Bonchev–Trinajstić information content (AvgIpc) is 2.60. The van der Waals surface area contributed by atoms with Crippen molar-refractivity contribution in [3.63, 3.8) is 0 Å². The minimum atomic E-state index is 0.674. The van der Waals surface area contributed by atoms with Crippen molar-refractivity contribution in [3.8, 4) is 0 Å². The Hall–Kier alpha value is -1.04. The van der Waals surface area contributed by atoms with Crippen LogP contribution < -0.4 is 0 Å². The Labute approximate surface area is 67.6 Å². The van der Waals surface area contributed by atoms with Crippen LogP contribution in [0.5, 0.6) is 0 Å². The lowest BCUT2D eigenvalue weighted by Crippen LogP contribution is -1.97. The van der Waals surface area contributed by atoms with Crippen LogP contribution in [0, 0.1) is 11.8 Å². The predicted molar refractivity (Wildman–Crippen MR) is 48.2 cm³/mol.